The van der Waals surface area contributed by atoms with E-state index in [1.54, 1.807) is 6.20 Å². The van der Waals surface area contributed by atoms with Gasteiger partial charge in [0.05, 0.1) is 23.0 Å². The lowest BCUT2D eigenvalue weighted by Gasteiger charge is -2.00. The van der Waals surface area contributed by atoms with Crippen LogP contribution in [-0.4, -0.2) is 14.8 Å². The maximum Gasteiger partial charge on any atom is 0.183 e. The summed E-state index contributed by atoms with van der Waals surface area (Å²) in [6.45, 7) is 4.51. The molecule has 0 saturated carbocycles. The lowest BCUT2D eigenvalue weighted by Crippen LogP contribution is -2.02. The molecule has 2 rings (SSSR count). The summed E-state index contributed by atoms with van der Waals surface area (Å²) in [6.07, 6.45) is 1.76. The first-order valence-electron chi connectivity index (χ1n) is 4.37. The SMILES string of the molecule is Cc1nn(Cc2cnc(Cl)s2)c(C)c1Cl. The molecule has 3 nitrogen and oxygen atoms in total. The second-order valence-corrected chi connectivity index (χ2v) is 5.30. The number of aromatic nitrogens is 3. The van der Waals surface area contributed by atoms with Gasteiger partial charge in [0.25, 0.3) is 0 Å². The normalized spacial score (nSPS) is 10.9. The Morgan fingerprint density at radius 1 is 1.40 bits per heavy atom. The van der Waals surface area contributed by atoms with Crippen molar-refractivity contribution in [1.82, 2.24) is 14.8 Å². The second kappa shape index (κ2) is 4.12. The third-order valence-corrected chi connectivity index (χ3v) is 3.77. The van der Waals surface area contributed by atoms with Gasteiger partial charge in [-0.1, -0.05) is 23.2 Å². The Hall–Kier alpha value is -0.580. The minimum atomic E-state index is 0.553. The van der Waals surface area contributed by atoms with E-state index < -0.39 is 0 Å². The van der Waals surface area contributed by atoms with Crippen molar-refractivity contribution < 1.29 is 0 Å². The van der Waals surface area contributed by atoms with Gasteiger partial charge in [-0.2, -0.15) is 5.10 Å². The zero-order valence-electron chi connectivity index (χ0n) is 8.29. The molecule has 0 radical (unpaired) electrons. The van der Waals surface area contributed by atoms with Gasteiger partial charge < -0.3 is 0 Å². The van der Waals surface area contributed by atoms with Crippen LogP contribution in [0.15, 0.2) is 6.20 Å². The van der Waals surface area contributed by atoms with Gasteiger partial charge in [-0.15, -0.1) is 11.3 Å². The van der Waals surface area contributed by atoms with Gasteiger partial charge >= 0.3 is 0 Å². The predicted molar refractivity (Wildman–Crippen MR) is 62.9 cm³/mol. The summed E-state index contributed by atoms with van der Waals surface area (Å²) in [5.41, 5.74) is 1.82. The quantitative estimate of drug-likeness (QED) is 0.831. The van der Waals surface area contributed by atoms with Gasteiger partial charge in [-0.25, -0.2) is 4.98 Å². The summed E-state index contributed by atoms with van der Waals surface area (Å²) in [6, 6.07) is 0. The summed E-state index contributed by atoms with van der Waals surface area (Å²) in [7, 11) is 0. The van der Waals surface area contributed by atoms with Gasteiger partial charge in [0.15, 0.2) is 4.47 Å². The standard InChI is InChI=1S/C9H9Cl2N3S/c1-5-8(10)6(2)14(13-5)4-7-3-12-9(11)15-7/h3H,4H2,1-2H3. The lowest BCUT2D eigenvalue weighted by atomic mass is 10.4. The zero-order chi connectivity index (χ0) is 11.0. The van der Waals surface area contributed by atoms with E-state index in [4.69, 9.17) is 23.2 Å². The van der Waals surface area contributed by atoms with Crippen LogP contribution in [-0.2, 0) is 6.54 Å². The van der Waals surface area contributed by atoms with Crippen molar-refractivity contribution in [1.29, 1.82) is 0 Å². The van der Waals surface area contributed by atoms with Crippen LogP contribution in [0.1, 0.15) is 16.3 Å². The van der Waals surface area contributed by atoms with Crippen LogP contribution in [0.3, 0.4) is 0 Å². The highest BCUT2D eigenvalue weighted by molar-refractivity contribution is 7.15. The average molecular weight is 262 g/mol. The Balaban J connectivity index is 2.28. The Bertz CT molecular complexity index is 490. The molecule has 0 atom stereocenters. The molecule has 2 heterocycles. The average Bonchev–Trinajstić information content (AvgIpc) is 2.68. The molecule has 0 aromatic carbocycles. The van der Waals surface area contributed by atoms with Crippen LogP contribution >= 0.6 is 34.5 Å². The van der Waals surface area contributed by atoms with E-state index in [0.717, 1.165) is 21.3 Å². The van der Waals surface area contributed by atoms with Crippen molar-refractivity contribution in [3.63, 3.8) is 0 Å². The molecular weight excluding hydrogens is 253 g/mol. The molecular formula is C9H9Cl2N3S. The number of hydrogen-bond acceptors (Lipinski definition) is 3. The summed E-state index contributed by atoms with van der Waals surface area (Å²) in [4.78, 5) is 5.05. The Morgan fingerprint density at radius 2 is 2.13 bits per heavy atom. The van der Waals surface area contributed by atoms with Crippen LogP contribution in [0.4, 0.5) is 0 Å². The summed E-state index contributed by atoms with van der Waals surface area (Å²) >= 11 is 13.3. The Kier molecular flexibility index (Phi) is 3.00. The number of rotatable bonds is 2. The van der Waals surface area contributed by atoms with Crippen molar-refractivity contribution in [2.45, 2.75) is 20.4 Å². The van der Waals surface area contributed by atoms with Crippen molar-refractivity contribution in [2.75, 3.05) is 0 Å². The second-order valence-electron chi connectivity index (χ2n) is 3.22. The van der Waals surface area contributed by atoms with Crippen LogP contribution in [0.5, 0.6) is 0 Å². The van der Waals surface area contributed by atoms with E-state index >= 15 is 0 Å². The fourth-order valence-corrected chi connectivity index (χ4v) is 2.43. The van der Waals surface area contributed by atoms with Gasteiger partial charge in [0.2, 0.25) is 0 Å². The molecule has 6 heteroatoms. The highest BCUT2D eigenvalue weighted by atomic mass is 35.5. The third-order valence-electron chi connectivity index (χ3n) is 2.12. The van der Waals surface area contributed by atoms with E-state index in [9.17, 15) is 0 Å². The largest absolute Gasteiger partial charge is 0.263 e. The molecule has 0 spiro atoms. The molecule has 0 aliphatic rings. The first-order chi connectivity index (χ1) is 7.08. The van der Waals surface area contributed by atoms with Crippen LogP contribution in [0, 0.1) is 13.8 Å². The first kappa shape index (κ1) is 10.9. The van der Waals surface area contributed by atoms with Crippen LogP contribution in [0.2, 0.25) is 9.49 Å². The van der Waals surface area contributed by atoms with Crippen molar-refractivity contribution >= 4 is 34.5 Å². The number of aryl methyl sites for hydroxylation is 1. The van der Waals surface area contributed by atoms with Gasteiger partial charge in [0.1, 0.15) is 0 Å². The molecule has 0 aliphatic heterocycles. The first-order valence-corrected chi connectivity index (χ1v) is 5.95. The summed E-state index contributed by atoms with van der Waals surface area (Å²) in [5.74, 6) is 0. The monoisotopic (exact) mass is 261 g/mol. The topological polar surface area (TPSA) is 30.7 Å². The molecule has 2 aromatic rings. The fraction of sp³-hybridized carbons (Fsp3) is 0.333. The van der Waals surface area contributed by atoms with E-state index in [-0.39, 0.29) is 0 Å². The number of nitrogens with zero attached hydrogens (tertiary/aromatic N) is 3. The van der Waals surface area contributed by atoms with E-state index in [2.05, 4.69) is 10.1 Å². The third kappa shape index (κ3) is 2.17. The highest BCUT2D eigenvalue weighted by Gasteiger charge is 2.10. The highest BCUT2D eigenvalue weighted by Crippen LogP contribution is 2.22. The molecule has 0 aliphatic carbocycles. The molecule has 0 fully saturated rings. The zero-order valence-corrected chi connectivity index (χ0v) is 10.6. The summed E-state index contributed by atoms with van der Waals surface area (Å²) in [5, 5.41) is 5.06. The Morgan fingerprint density at radius 3 is 2.60 bits per heavy atom. The molecule has 0 N–H and O–H groups in total. The van der Waals surface area contributed by atoms with Crippen molar-refractivity contribution in [2.24, 2.45) is 0 Å². The molecule has 0 bridgehead atoms. The molecule has 0 amide bonds. The van der Waals surface area contributed by atoms with E-state index in [0.29, 0.717) is 11.0 Å². The minimum Gasteiger partial charge on any atom is -0.263 e. The maximum atomic E-state index is 6.05. The van der Waals surface area contributed by atoms with Gasteiger partial charge in [-0.3, -0.25) is 4.68 Å². The van der Waals surface area contributed by atoms with Gasteiger partial charge in [0, 0.05) is 11.1 Å². The fourth-order valence-electron chi connectivity index (χ4n) is 1.33. The number of halogens is 2. The number of hydrogen-bond donors (Lipinski definition) is 0. The van der Waals surface area contributed by atoms with Crippen LogP contribution in [0.25, 0.3) is 0 Å². The smallest absolute Gasteiger partial charge is 0.183 e. The van der Waals surface area contributed by atoms with Gasteiger partial charge in [-0.05, 0) is 13.8 Å². The number of thiazole rings is 1. The van der Waals surface area contributed by atoms with Crippen LogP contribution < -0.4 is 0 Å². The molecule has 80 valence electrons. The molecule has 0 saturated heterocycles. The van der Waals surface area contributed by atoms with Crippen molar-refractivity contribution in [3.05, 3.63) is 32.0 Å². The molecule has 2 aromatic heterocycles. The lowest BCUT2D eigenvalue weighted by molar-refractivity contribution is 0.665. The predicted octanol–water partition coefficient (Wildman–Crippen LogP) is 3.31. The summed E-state index contributed by atoms with van der Waals surface area (Å²) < 4.78 is 2.42. The maximum absolute atomic E-state index is 6.05. The molecule has 15 heavy (non-hydrogen) atoms. The minimum absolute atomic E-state index is 0.553. The van der Waals surface area contributed by atoms with Crippen molar-refractivity contribution in [3.8, 4) is 0 Å². The Labute approximate surface area is 102 Å². The van der Waals surface area contributed by atoms with E-state index in [1.165, 1.54) is 11.3 Å². The van der Waals surface area contributed by atoms with E-state index in [1.807, 2.05) is 18.5 Å². The molecule has 0 unspecified atom stereocenters.